The van der Waals surface area contributed by atoms with Crippen molar-refractivity contribution in [1.82, 2.24) is 4.90 Å². The van der Waals surface area contributed by atoms with Crippen LogP contribution in [0, 0.1) is 6.92 Å². The molecule has 0 amide bonds. The molecule has 0 aromatic heterocycles. The normalized spacial score (nSPS) is 16.1. The molecule has 0 aliphatic heterocycles. The van der Waals surface area contributed by atoms with Crippen molar-refractivity contribution in [2.24, 2.45) is 0 Å². The molecule has 0 spiro atoms. The van der Waals surface area contributed by atoms with E-state index in [0.29, 0.717) is 0 Å². The summed E-state index contributed by atoms with van der Waals surface area (Å²) in [5.41, 5.74) is 4.07. The van der Waals surface area contributed by atoms with E-state index < -0.39 is 10.1 Å². The number of hydrogen-bond acceptors (Lipinski definition) is 3. The monoisotopic (exact) mass is 481 g/mol. The molecule has 3 rings (SSSR count). The fraction of sp³-hybridized carbons (Fsp3) is 0.478. The summed E-state index contributed by atoms with van der Waals surface area (Å²) in [6, 6.07) is 13.5. The molecule has 1 unspecified atom stereocenters. The maximum absolute atomic E-state index is 10.5. The van der Waals surface area contributed by atoms with Crippen LogP contribution in [-0.2, 0) is 23.0 Å². The fourth-order valence-corrected chi connectivity index (χ4v) is 4.67. The molecule has 0 bridgehead atoms. The lowest BCUT2D eigenvalue weighted by Gasteiger charge is -2.35. The van der Waals surface area contributed by atoms with E-state index in [1.165, 1.54) is 61.8 Å². The number of benzene rings is 2. The fourth-order valence-electron chi connectivity index (χ4n) is 3.78. The molecule has 2 aromatic rings. The lowest BCUT2D eigenvalue weighted by molar-refractivity contribution is 0.180. The van der Waals surface area contributed by atoms with Gasteiger partial charge in [-0.25, -0.2) is 0 Å². The molecule has 0 saturated heterocycles. The van der Waals surface area contributed by atoms with E-state index in [1.54, 1.807) is 23.3 Å². The van der Waals surface area contributed by atoms with Crippen LogP contribution in [0.5, 0.6) is 0 Å². The van der Waals surface area contributed by atoms with Gasteiger partial charge >= 0.3 is 0 Å². The van der Waals surface area contributed by atoms with E-state index in [4.69, 9.17) is 4.55 Å². The zero-order chi connectivity index (χ0) is 21.4. The summed E-state index contributed by atoms with van der Waals surface area (Å²) in [7, 11) is -4.02. The second-order valence-corrected chi connectivity index (χ2v) is 9.97. The van der Waals surface area contributed by atoms with Crippen molar-refractivity contribution in [3.8, 4) is 0 Å². The molecule has 0 fully saturated rings. The summed E-state index contributed by atoms with van der Waals surface area (Å²) >= 11 is 3.60. The molecular weight excluding hydrogens is 450 g/mol. The van der Waals surface area contributed by atoms with Crippen molar-refractivity contribution in [2.45, 2.75) is 63.8 Å². The summed E-state index contributed by atoms with van der Waals surface area (Å²) in [4.78, 5) is 2.63. The highest BCUT2D eigenvalue weighted by Gasteiger charge is 2.23. The zero-order valence-electron chi connectivity index (χ0n) is 17.6. The van der Waals surface area contributed by atoms with Gasteiger partial charge in [-0.15, -0.1) is 0 Å². The van der Waals surface area contributed by atoms with Crippen molar-refractivity contribution in [1.29, 1.82) is 0 Å². The second-order valence-electron chi connectivity index (χ2n) is 7.63. The molecule has 6 heteroatoms. The minimum absolute atomic E-state index is 0.0666. The first-order valence-corrected chi connectivity index (χ1v) is 12.5. The number of hydrogen-bond donors (Lipinski definition) is 1. The van der Waals surface area contributed by atoms with Gasteiger partial charge in [0.05, 0.1) is 4.90 Å². The highest BCUT2D eigenvalue weighted by atomic mass is 79.9. The average Bonchev–Trinajstić information content (AvgIpc) is 2.67. The van der Waals surface area contributed by atoms with Crippen LogP contribution in [0.25, 0.3) is 0 Å². The molecule has 1 atom stereocenters. The standard InChI is InChI=1S/C16H24BrN.C7H8O3S/c1-3-9-18(10-4-2)16-8-6-13-5-7-15(17)11-14(13)12-16;1-6-2-4-7(5-3-6)11(8,9)10/h5,7,11,16H,3-4,6,8-10,12H2,1-2H3;2-5H,1H3,(H,8,9,10). The van der Waals surface area contributed by atoms with Crippen molar-refractivity contribution in [3.05, 3.63) is 63.6 Å². The van der Waals surface area contributed by atoms with Gasteiger partial charge in [0.15, 0.2) is 0 Å². The summed E-state index contributed by atoms with van der Waals surface area (Å²) < 4.78 is 30.8. The lowest BCUT2D eigenvalue weighted by Crippen LogP contribution is -2.40. The highest BCUT2D eigenvalue weighted by Crippen LogP contribution is 2.27. The molecule has 1 aliphatic rings. The van der Waals surface area contributed by atoms with E-state index in [9.17, 15) is 8.42 Å². The third-order valence-corrected chi connectivity index (χ3v) is 6.59. The molecule has 1 N–H and O–H groups in total. The Morgan fingerprint density at radius 3 is 2.21 bits per heavy atom. The number of aryl methyl sites for hydroxylation is 2. The van der Waals surface area contributed by atoms with Crippen LogP contribution in [0.15, 0.2) is 51.8 Å². The number of nitrogens with zero attached hydrogens (tertiary/aromatic N) is 1. The summed E-state index contributed by atoms with van der Waals surface area (Å²) in [6.07, 6.45) is 6.34. The van der Waals surface area contributed by atoms with Crippen molar-refractivity contribution < 1.29 is 13.0 Å². The SMILES string of the molecule is CCCN(CCC)C1CCc2ccc(Br)cc2C1.Cc1ccc(S(=O)(=O)O)cc1. The highest BCUT2D eigenvalue weighted by molar-refractivity contribution is 9.10. The maximum Gasteiger partial charge on any atom is 0.294 e. The van der Waals surface area contributed by atoms with Crippen LogP contribution in [0.4, 0.5) is 0 Å². The van der Waals surface area contributed by atoms with Crippen LogP contribution < -0.4 is 0 Å². The molecule has 0 heterocycles. The zero-order valence-corrected chi connectivity index (χ0v) is 20.0. The second kappa shape index (κ2) is 11.3. The Kier molecular flexibility index (Phi) is 9.34. The van der Waals surface area contributed by atoms with Gasteiger partial charge in [0, 0.05) is 10.5 Å². The van der Waals surface area contributed by atoms with Gasteiger partial charge in [0.25, 0.3) is 10.1 Å². The van der Waals surface area contributed by atoms with Crippen LogP contribution in [0.1, 0.15) is 49.8 Å². The van der Waals surface area contributed by atoms with Gasteiger partial charge in [-0.3, -0.25) is 4.55 Å². The van der Waals surface area contributed by atoms with E-state index in [2.05, 4.69) is 52.9 Å². The Morgan fingerprint density at radius 2 is 1.66 bits per heavy atom. The first-order valence-electron chi connectivity index (χ1n) is 10.3. The number of rotatable bonds is 6. The van der Waals surface area contributed by atoms with Crippen molar-refractivity contribution in [3.63, 3.8) is 0 Å². The average molecular weight is 482 g/mol. The van der Waals surface area contributed by atoms with E-state index in [-0.39, 0.29) is 4.90 Å². The Bertz CT molecular complexity index is 875. The van der Waals surface area contributed by atoms with E-state index in [0.717, 1.165) is 11.6 Å². The first kappa shape index (κ1) is 24.1. The first-order chi connectivity index (χ1) is 13.7. The Hall–Kier alpha value is -1.21. The smallest absolute Gasteiger partial charge is 0.294 e. The van der Waals surface area contributed by atoms with Gasteiger partial charge in [0.2, 0.25) is 0 Å². The van der Waals surface area contributed by atoms with Gasteiger partial charge in [-0.1, -0.05) is 53.5 Å². The van der Waals surface area contributed by atoms with Gasteiger partial charge < -0.3 is 4.90 Å². The maximum atomic E-state index is 10.5. The van der Waals surface area contributed by atoms with Crippen molar-refractivity contribution >= 4 is 26.0 Å². The number of fused-ring (bicyclic) bond motifs is 1. The van der Waals surface area contributed by atoms with Gasteiger partial charge in [-0.2, -0.15) is 8.42 Å². The van der Waals surface area contributed by atoms with Crippen LogP contribution in [0.3, 0.4) is 0 Å². The topological polar surface area (TPSA) is 57.6 Å². The predicted octanol–water partition coefficient (Wildman–Crippen LogP) is 5.67. The molecule has 4 nitrogen and oxygen atoms in total. The number of halogens is 1. The largest absolute Gasteiger partial charge is 0.300 e. The van der Waals surface area contributed by atoms with Gasteiger partial charge in [0.1, 0.15) is 0 Å². The summed E-state index contributed by atoms with van der Waals surface area (Å²) in [6.45, 7) is 8.92. The molecule has 0 saturated carbocycles. The Morgan fingerprint density at radius 1 is 1.03 bits per heavy atom. The van der Waals surface area contributed by atoms with Gasteiger partial charge in [-0.05, 0) is 87.5 Å². The van der Waals surface area contributed by atoms with E-state index in [1.807, 2.05) is 6.92 Å². The molecule has 160 valence electrons. The van der Waals surface area contributed by atoms with E-state index >= 15 is 0 Å². The molecule has 29 heavy (non-hydrogen) atoms. The predicted molar refractivity (Wildman–Crippen MR) is 123 cm³/mol. The molecule has 2 aromatic carbocycles. The summed E-state index contributed by atoms with van der Waals surface area (Å²) in [5.74, 6) is 0. The minimum Gasteiger partial charge on any atom is -0.300 e. The Balaban J connectivity index is 0.000000234. The Labute approximate surface area is 184 Å². The quantitative estimate of drug-likeness (QED) is 0.539. The van der Waals surface area contributed by atoms with Crippen LogP contribution in [0.2, 0.25) is 0 Å². The minimum atomic E-state index is -4.02. The molecule has 1 aliphatic carbocycles. The lowest BCUT2D eigenvalue weighted by atomic mass is 9.87. The molecule has 0 radical (unpaired) electrons. The van der Waals surface area contributed by atoms with Crippen LogP contribution in [-0.4, -0.2) is 37.0 Å². The third kappa shape index (κ3) is 7.52. The summed E-state index contributed by atoms with van der Waals surface area (Å²) in [5, 5.41) is 0. The van der Waals surface area contributed by atoms with Crippen molar-refractivity contribution in [2.75, 3.05) is 13.1 Å². The van der Waals surface area contributed by atoms with Crippen LogP contribution >= 0.6 is 15.9 Å². The molecular formula is C23H32BrNO3S. The third-order valence-electron chi connectivity index (χ3n) is 5.23.